The quantitative estimate of drug-likeness (QED) is 0.418. The van der Waals surface area contributed by atoms with E-state index in [1.807, 2.05) is 12.1 Å². The topological polar surface area (TPSA) is 82.3 Å². The van der Waals surface area contributed by atoms with Crippen LogP contribution in [0.25, 0.3) is 11.6 Å². The van der Waals surface area contributed by atoms with Crippen LogP contribution in [0.15, 0.2) is 27.8 Å². The molecule has 138 valence electrons. The molecule has 0 radical (unpaired) electrons. The summed E-state index contributed by atoms with van der Waals surface area (Å²) >= 11 is 0. The van der Waals surface area contributed by atoms with Gasteiger partial charge in [0.15, 0.2) is 11.7 Å². The second kappa shape index (κ2) is 9.21. The Morgan fingerprint density at radius 3 is 2.80 bits per heavy atom. The number of halogens is 1. The van der Waals surface area contributed by atoms with E-state index in [0.717, 1.165) is 31.4 Å². The minimum Gasteiger partial charge on any atom is -0.461 e. The Labute approximate surface area is 165 Å². The molecule has 1 aliphatic heterocycles. The van der Waals surface area contributed by atoms with Crippen molar-refractivity contribution in [3.8, 4) is 11.6 Å². The zero-order valence-corrected chi connectivity index (χ0v) is 17.4. The summed E-state index contributed by atoms with van der Waals surface area (Å²) in [5.74, 6) is 4.28. The molecule has 1 fully saturated rings. The first-order chi connectivity index (χ1) is 11.7. The lowest BCUT2D eigenvalue weighted by molar-refractivity contribution is 0.208. The molecule has 2 aromatic rings. The van der Waals surface area contributed by atoms with Crippen molar-refractivity contribution in [1.82, 2.24) is 25.4 Å². The Morgan fingerprint density at radius 2 is 2.16 bits per heavy atom. The average molecular weight is 458 g/mol. The van der Waals surface area contributed by atoms with Crippen molar-refractivity contribution in [2.75, 3.05) is 19.6 Å². The fourth-order valence-corrected chi connectivity index (χ4v) is 3.29. The highest BCUT2D eigenvalue weighted by molar-refractivity contribution is 14.0. The van der Waals surface area contributed by atoms with E-state index >= 15 is 0 Å². The minimum atomic E-state index is 0. The van der Waals surface area contributed by atoms with Crippen molar-refractivity contribution in [3.05, 3.63) is 24.2 Å². The van der Waals surface area contributed by atoms with Crippen LogP contribution < -0.4 is 5.32 Å². The summed E-state index contributed by atoms with van der Waals surface area (Å²) in [5.41, 5.74) is 0. The first-order valence-electron chi connectivity index (χ1n) is 8.64. The Balaban J connectivity index is 0.00000225. The van der Waals surface area contributed by atoms with Gasteiger partial charge >= 0.3 is 0 Å². The predicted octanol–water partition coefficient (Wildman–Crippen LogP) is 3.13. The lowest BCUT2D eigenvalue weighted by Crippen LogP contribution is -2.48. The molecule has 0 aliphatic carbocycles. The van der Waals surface area contributed by atoms with Crippen LogP contribution in [-0.4, -0.2) is 45.7 Å². The summed E-state index contributed by atoms with van der Waals surface area (Å²) in [5, 5.41) is 10.5. The summed E-state index contributed by atoms with van der Waals surface area (Å²) in [6.45, 7) is 10.1. The summed E-state index contributed by atoms with van der Waals surface area (Å²) in [6.07, 6.45) is 2.90. The smallest absolute Gasteiger partial charge is 0.216 e. The molecule has 0 bridgehead atoms. The second-order valence-corrected chi connectivity index (χ2v) is 6.60. The van der Waals surface area contributed by atoms with Gasteiger partial charge in [-0.15, -0.1) is 29.1 Å². The number of aliphatic imine (C=N–C) groups is 1. The van der Waals surface area contributed by atoms with Crippen LogP contribution in [0, 0.1) is 11.8 Å². The molecule has 1 aliphatic rings. The van der Waals surface area contributed by atoms with Crippen molar-refractivity contribution >= 4 is 29.9 Å². The zero-order chi connectivity index (χ0) is 16.9. The van der Waals surface area contributed by atoms with Gasteiger partial charge in [-0.25, -0.2) is 9.98 Å². The molecular formula is C17H27IN6O. The van der Waals surface area contributed by atoms with Gasteiger partial charge < -0.3 is 14.6 Å². The summed E-state index contributed by atoms with van der Waals surface area (Å²) in [4.78, 5) is 11.5. The Hall–Kier alpha value is -1.58. The third kappa shape index (κ3) is 5.20. The maximum Gasteiger partial charge on any atom is 0.216 e. The molecule has 7 nitrogen and oxygen atoms in total. The molecule has 2 atom stereocenters. The largest absolute Gasteiger partial charge is 0.461 e. The number of aromatic amines is 1. The molecule has 2 unspecified atom stereocenters. The van der Waals surface area contributed by atoms with Crippen LogP contribution in [0.1, 0.15) is 33.0 Å². The van der Waals surface area contributed by atoms with Crippen molar-refractivity contribution in [2.24, 2.45) is 16.8 Å². The fourth-order valence-electron chi connectivity index (χ4n) is 3.29. The summed E-state index contributed by atoms with van der Waals surface area (Å²) < 4.78 is 5.31. The molecule has 0 spiro atoms. The number of hydrogen-bond donors (Lipinski definition) is 2. The van der Waals surface area contributed by atoms with E-state index < -0.39 is 0 Å². The third-order valence-electron chi connectivity index (χ3n) is 4.16. The fraction of sp³-hybridized carbons (Fsp3) is 0.588. The first kappa shape index (κ1) is 19.7. The van der Waals surface area contributed by atoms with E-state index in [1.54, 1.807) is 6.26 Å². The molecule has 8 heteroatoms. The van der Waals surface area contributed by atoms with Crippen LogP contribution in [-0.2, 0) is 6.54 Å². The van der Waals surface area contributed by atoms with E-state index in [2.05, 4.69) is 46.2 Å². The predicted molar refractivity (Wildman–Crippen MR) is 109 cm³/mol. The number of likely N-dealkylation sites (tertiary alicyclic amines) is 1. The van der Waals surface area contributed by atoms with E-state index in [1.165, 1.54) is 6.42 Å². The Kier molecular flexibility index (Phi) is 7.27. The number of H-pyrrole nitrogens is 1. The van der Waals surface area contributed by atoms with E-state index in [4.69, 9.17) is 9.41 Å². The van der Waals surface area contributed by atoms with Crippen molar-refractivity contribution in [3.63, 3.8) is 0 Å². The molecule has 0 saturated carbocycles. The molecule has 2 N–H and O–H groups in total. The van der Waals surface area contributed by atoms with Crippen molar-refractivity contribution in [1.29, 1.82) is 0 Å². The van der Waals surface area contributed by atoms with Gasteiger partial charge in [-0.2, -0.15) is 0 Å². The lowest BCUT2D eigenvalue weighted by atomic mass is 9.92. The van der Waals surface area contributed by atoms with Gasteiger partial charge in [-0.05, 0) is 37.3 Å². The second-order valence-electron chi connectivity index (χ2n) is 6.60. The van der Waals surface area contributed by atoms with Crippen LogP contribution in [0.4, 0.5) is 0 Å². The molecule has 0 amide bonds. The molecular weight excluding hydrogens is 431 g/mol. The number of hydrogen-bond acceptors (Lipinski definition) is 4. The van der Waals surface area contributed by atoms with Gasteiger partial charge in [-0.1, -0.05) is 13.8 Å². The Bertz CT molecular complexity index is 658. The Morgan fingerprint density at radius 1 is 1.40 bits per heavy atom. The summed E-state index contributed by atoms with van der Waals surface area (Å²) in [7, 11) is 0. The minimum absolute atomic E-state index is 0. The molecule has 3 rings (SSSR count). The van der Waals surface area contributed by atoms with E-state index in [-0.39, 0.29) is 24.0 Å². The lowest BCUT2D eigenvalue weighted by Gasteiger charge is -2.37. The van der Waals surface area contributed by atoms with Crippen LogP contribution in [0.3, 0.4) is 0 Å². The average Bonchev–Trinajstić information content (AvgIpc) is 3.21. The highest BCUT2D eigenvalue weighted by Gasteiger charge is 2.24. The highest BCUT2D eigenvalue weighted by Crippen LogP contribution is 2.21. The maximum atomic E-state index is 5.31. The van der Waals surface area contributed by atoms with Crippen molar-refractivity contribution in [2.45, 2.75) is 33.7 Å². The van der Waals surface area contributed by atoms with Gasteiger partial charge in [0.2, 0.25) is 5.82 Å². The highest BCUT2D eigenvalue weighted by atomic mass is 127. The van der Waals surface area contributed by atoms with Gasteiger partial charge in [-0.3, -0.25) is 5.10 Å². The van der Waals surface area contributed by atoms with Gasteiger partial charge in [0.25, 0.3) is 0 Å². The normalized spacial score (nSPS) is 21.1. The number of nitrogens with zero attached hydrogens (tertiary/aromatic N) is 4. The standard InChI is InChI=1S/C17H26N6O.HI/c1-4-18-17(23-10-12(2)8-13(3)11-23)19-9-15-20-16(22-21-15)14-6-5-7-24-14;/h5-7,12-13H,4,8-11H2,1-3H3,(H,18,19)(H,20,21,22);1H. The number of aromatic nitrogens is 3. The third-order valence-corrected chi connectivity index (χ3v) is 4.16. The molecule has 3 heterocycles. The molecule has 1 saturated heterocycles. The molecule has 2 aromatic heterocycles. The SMILES string of the molecule is CCNC(=NCc1nc(-c2ccco2)n[nH]1)N1CC(C)CC(C)C1.I. The number of guanidine groups is 1. The van der Waals surface area contributed by atoms with Gasteiger partial charge in [0.05, 0.1) is 6.26 Å². The molecule has 25 heavy (non-hydrogen) atoms. The maximum absolute atomic E-state index is 5.31. The van der Waals surface area contributed by atoms with Crippen LogP contribution >= 0.6 is 24.0 Å². The van der Waals surface area contributed by atoms with Crippen LogP contribution in [0.2, 0.25) is 0 Å². The zero-order valence-electron chi connectivity index (χ0n) is 15.0. The van der Waals surface area contributed by atoms with Crippen LogP contribution in [0.5, 0.6) is 0 Å². The number of furan rings is 1. The number of piperidine rings is 1. The summed E-state index contributed by atoms with van der Waals surface area (Å²) in [6, 6.07) is 3.67. The van der Waals surface area contributed by atoms with E-state index in [9.17, 15) is 0 Å². The monoisotopic (exact) mass is 458 g/mol. The van der Waals surface area contributed by atoms with Crippen molar-refractivity contribution < 1.29 is 4.42 Å². The van der Waals surface area contributed by atoms with Gasteiger partial charge in [0, 0.05) is 19.6 Å². The number of nitrogens with one attached hydrogen (secondary N) is 2. The molecule has 0 aromatic carbocycles. The van der Waals surface area contributed by atoms with E-state index in [0.29, 0.717) is 30.0 Å². The number of rotatable bonds is 4. The van der Waals surface area contributed by atoms with Gasteiger partial charge in [0.1, 0.15) is 12.4 Å². The first-order valence-corrected chi connectivity index (χ1v) is 8.64.